The second-order valence-corrected chi connectivity index (χ2v) is 10.7. The summed E-state index contributed by atoms with van der Waals surface area (Å²) in [5.74, 6) is -0.364. The van der Waals surface area contributed by atoms with Gasteiger partial charge in [0.1, 0.15) is 0 Å². The number of rotatable bonds is 8. The molecule has 1 heterocycles. The number of carbonyl (C=O) groups excluding carboxylic acids is 2. The fourth-order valence-electron chi connectivity index (χ4n) is 3.70. The monoisotopic (exact) mass is 471 g/mol. The van der Waals surface area contributed by atoms with Crippen LogP contribution in [0, 0.1) is 5.92 Å². The van der Waals surface area contributed by atoms with Gasteiger partial charge in [0.25, 0.3) is 0 Å². The van der Waals surface area contributed by atoms with Crippen LogP contribution in [0.15, 0.2) is 53.4 Å². The van der Waals surface area contributed by atoms with Crippen LogP contribution in [0.1, 0.15) is 51.5 Å². The first-order chi connectivity index (χ1) is 15.8. The Morgan fingerprint density at radius 3 is 2.12 bits per heavy atom. The molecule has 2 N–H and O–H groups in total. The van der Waals surface area contributed by atoms with E-state index in [2.05, 4.69) is 10.6 Å². The molecule has 0 atom stereocenters. The van der Waals surface area contributed by atoms with Crippen molar-refractivity contribution in [1.29, 1.82) is 0 Å². The number of nitrogens with zero attached hydrogens (tertiary/aromatic N) is 1. The number of hydrogen-bond acceptors (Lipinski definition) is 4. The first kappa shape index (κ1) is 24.9. The predicted octanol–water partition coefficient (Wildman–Crippen LogP) is 4.42. The van der Waals surface area contributed by atoms with E-state index in [4.69, 9.17) is 0 Å². The minimum absolute atomic E-state index is 0.0835. The number of nitrogens with one attached hydrogen (secondary N) is 2. The minimum atomic E-state index is -3.47. The van der Waals surface area contributed by atoms with Gasteiger partial charge in [0.2, 0.25) is 21.8 Å². The van der Waals surface area contributed by atoms with E-state index in [0.29, 0.717) is 35.8 Å². The number of hydrogen-bond donors (Lipinski definition) is 2. The summed E-state index contributed by atoms with van der Waals surface area (Å²) in [4.78, 5) is 24.6. The SMILES string of the molecule is CC(C)C(=O)Nc1cccc(NC(=O)CCc2ccc(S(=O)(=O)N3CCCCCC3)cc2)c1. The lowest BCUT2D eigenvalue weighted by Crippen LogP contribution is -2.31. The van der Waals surface area contributed by atoms with E-state index in [0.717, 1.165) is 31.2 Å². The van der Waals surface area contributed by atoms with Crippen LogP contribution in [0.25, 0.3) is 0 Å². The molecule has 1 fully saturated rings. The standard InChI is InChI=1S/C25H33N3O4S/c1-19(2)25(30)27-22-9-7-8-21(18-22)26-24(29)15-12-20-10-13-23(14-11-20)33(31,32)28-16-5-3-4-6-17-28/h7-11,13-14,18-19H,3-6,12,15-17H2,1-2H3,(H,26,29)(H,27,30). The smallest absolute Gasteiger partial charge is 0.243 e. The molecule has 0 unspecified atom stereocenters. The maximum Gasteiger partial charge on any atom is 0.243 e. The zero-order valence-corrected chi connectivity index (χ0v) is 20.2. The highest BCUT2D eigenvalue weighted by atomic mass is 32.2. The van der Waals surface area contributed by atoms with Crippen LogP contribution in [0.3, 0.4) is 0 Å². The van der Waals surface area contributed by atoms with Crippen LogP contribution in [0.4, 0.5) is 11.4 Å². The van der Waals surface area contributed by atoms with Gasteiger partial charge in [-0.3, -0.25) is 9.59 Å². The summed E-state index contributed by atoms with van der Waals surface area (Å²) in [6, 6.07) is 13.9. The molecule has 7 nitrogen and oxygen atoms in total. The number of carbonyl (C=O) groups is 2. The fourth-order valence-corrected chi connectivity index (χ4v) is 5.22. The Morgan fingerprint density at radius 2 is 1.52 bits per heavy atom. The molecule has 178 valence electrons. The second kappa shape index (κ2) is 11.4. The molecule has 1 saturated heterocycles. The van der Waals surface area contributed by atoms with E-state index in [1.54, 1.807) is 52.8 Å². The molecule has 0 bridgehead atoms. The first-order valence-corrected chi connectivity index (χ1v) is 13.0. The van der Waals surface area contributed by atoms with Gasteiger partial charge >= 0.3 is 0 Å². The summed E-state index contributed by atoms with van der Waals surface area (Å²) in [7, 11) is -3.47. The molecule has 1 aliphatic rings. The lowest BCUT2D eigenvalue weighted by atomic mass is 10.1. The third-order valence-electron chi connectivity index (χ3n) is 5.71. The van der Waals surface area contributed by atoms with Crippen molar-refractivity contribution in [3.63, 3.8) is 0 Å². The molecule has 2 aromatic rings. The van der Waals surface area contributed by atoms with Crippen LogP contribution < -0.4 is 10.6 Å². The fraction of sp³-hybridized carbons (Fsp3) is 0.440. The molecule has 3 rings (SSSR count). The van der Waals surface area contributed by atoms with Gasteiger partial charge in [0, 0.05) is 36.8 Å². The van der Waals surface area contributed by atoms with Gasteiger partial charge in [-0.1, -0.05) is 44.9 Å². The average Bonchev–Trinajstić information content (AvgIpc) is 3.08. The maximum atomic E-state index is 12.9. The minimum Gasteiger partial charge on any atom is -0.326 e. The second-order valence-electron chi connectivity index (χ2n) is 8.74. The van der Waals surface area contributed by atoms with Gasteiger partial charge in [0.15, 0.2) is 0 Å². The Labute approximate surface area is 196 Å². The summed E-state index contributed by atoms with van der Waals surface area (Å²) in [5, 5.41) is 5.66. The van der Waals surface area contributed by atoms with E-state index in [1.807, 2.05) is 13.8 Å². The lowest BCUT2D eigenvalue weighted by molar-refractivity contribution is -0.119. The Hall–Kier alpha value is -2.71. The summed E-state index contributed by atoms with van der Waals surface area (Å²) in [5.41, 5.74) is 2.14. The average molecular weight is 472 g/mol. The molecule has 0 spiro atoms. The van der Waals surface area contributed by atoms with Gasteiger partial charge in [-0.25, -0.2) is 8.42 Å². The van der Waals surface area contributed by atoms with Gasteiger partial charge in [-0.15, -0.1) is 0 Å². The zero-order valence-electron chi connectivity index (χ0n) is 19.3. The van der Waals surface area contributed by atoms with Crippen molar-refractivity contribution in [2.45, 2.75) is 57.3 Å². The van der Waals surface area contributed by atoms with Crippen LogP contribution in [-0.2, 0) is 26.0 Å². The highest BCUT2D eigenvalue weighted by molar-refractivity contribution is 7.89. The quantitative estimate of drug-likeness (QED) is 0.596. The third-order valence-corrected chi connectivity index (χ3v) is 7.62. The molecule has 0 aliphatic carbocycles. The van der Waals surface area contributed by atoms with Crippen LogP contribution in [0.5, 0.6) is 0 Å². The molecular weight excluding hydrogens is 438 g/mol. The summed E-state index contributed by atoms with van der Waals surface area (Å²) in [6.07, 6.45) is 4.72. The molecule has 1 aliphatic heterocycles. The van der Waals surface area contributed by atoms with Crippen LogP contribution in [0.2, 0.25) is 0 Å². The summed E-state index contributed by atoms with van der Waals surface area (Å²) in [6.45, 7) is 4.79. The number of aryl methyl sites for hydroxylation is 1. The van der Waals surface area contributed by atoms with Crippen molar-refractivity contribution >= 4 is 33.2 Å². The van der Waals surface area contributed by atoms with Crippen molar-refractivity contribution in [3.8, 4) is 0 Å². The first-order valence-electron chi connectivity index (χ1n) is 11.6. The molecule has 8 heteroatoms. The molecule has 0 aromatic heterocycles. The highest BCUT2D eigenvalue weighted by Crippen LogP contribution is 2.21. The van der Waals surface area contributed by atoms with Crippen molar-refractivity contribution in [2.75, 3.05) is 23.7 Å². The Kier molecular flexibility index (Phi) is 8.63. The third kappa shape index (κ3) is 7.14. The van der Waals surface area contributed by atoms with E-state index >= 15 is 0 Å². The number of anilines is 2. The largest absolute Gasteiger partial charge is 0.326 e. The zero-order chi connectivity index (χ0) is 23.8. The van der Waals surface area contributed by atoms with Crippen molar-refractivity contribution in [2.24, 2.45) is 5.92 Å². The van der Waals surface area contributed by atoms with Crippen molar-refractivity contribution < 1.29 is 18.0 Å². The van der Waals surface area contributed by atoms with Crippen molar-refractivity contribution in [1.82, 2.24) is 4.31 Å². The van der Waals surface area contributed by atoms with Crippen LogP contribution >= 0.6 is 0 Å². The normalized spacial score (nSPS) is 15.1. The number of benzene rings is 2. The summed E-state index contributed by atoms with van der Waals surface area (Å²) >= 11 is 0. The van der Waals surface area contributed by atoms with E-state index in [1.165, 1.54) is 0 Å². The number of sulfonamides is 1. The molecular formula is C25H33N3O4S. The summed E-state index contributed by atoms with van der Waals surface area (Å²) < 4.78 is 27.4. The van der Waals surface area contributed by atoms with E-state index in [9.17, 15) is 18.0 Å². The van der Waals surface area contributed by atoms with E-state index in [-0.39, 0.29) is 24.2 Å². The van der Waals surface area contributed by atoms with Gasteiger partial charge in [-0.2, -0.15) is 4.31 Å². The molecule has 0 saturated carbocycles. The number of amides is 2. The van der Waals surface area contributed by atoms with Gasteiger partial charge in [-0.05, 0) is 55.2 Å². The van der Waals surface area contributed by atoms with Gasteiger partial charge < -0.3 is 10.6 Å². The molecule has 0 radical (unpaired) electrons. The topological polar surface area (TPSA) is 95.6 Å². The maximum absolute atomic E-state index is 12.9. The van der Waals surface area contributed by atoms with Crippen molar-refractivity contribution in [3.05, 3.63) is 54.1 Å². The van der Waals surface area contributed by atoms with E-state index < -0.39 is 10.0 Å². The molecule has 33 heavy (non-hydrogen) atoms. The van der Waals surface area contributed by atoms with Gasteiger partial charge in [0.05, 0.1) is 4.90 Å². The Bertz CT molecular complexity index is 1060. The Balaban J connectivity index is 1.54. The predicted molar refractivity (Wildman–Crippen MR) is 131 cm³/mol. The molecule has 2 aromatic carbocycles. The highest BCUT2D eigenvalue weighted by Gasteiger charge is 2.24. The van der Waals surface area contributed by atoms with Crippen LogP contribution in [-0.4, -0.2) is 37.6 Å². The molecule has 2 amide bonds. The Morgan fingerprint density at radius 1 is 0.909 bits per heavy atom. The lowest BCUT2D eigenvalue weighted by Gasteiger charge is -2.20.